The molecule has 10 heavy (non-hydrogen) atoms. The fourth-order valence-electron chi connectivity index (χ4n) is 0.318. The molecule has 0 aromatic carbocycles. The summed E-state index contributed by atoms with van der Waals surface area (Å²) in [5.41, 5.74) is 0. The molecular formula is C5H8F2O3. The summed E-state index contributed by atoms with van der Waals surface area (Å²) >= 11 is 0. The fraction of sp³-hybridized carbons (Fsp3) is 0.800. The summed E-state index contributed by atoms with van der Waals surface area (Å²) in [6, 6.07) is 0. The molecule has 0 amide bonds. The van der Waals surface area contributed by atoms with Crippen molar-refractivity contribution in [2.75, 3.05) is 6.61 Å². The molecule has 0 atom stereocenters. The van der Waals surface area contributed by atoms with Crippen molar-refractivity contribution < 1.29 is 23.4 Å². The maximum Gasteiger partial charge on any atom is 0.352 e. The van der Waals surface area contributed by atoms with E-state index in [0.717, 1.165) is 0 Å². The standard InChI is InChI=1S/C5H8F2O3/c1-5(6,7)10-3-2-4(8)9/h2-3H2,1H3,(H,8,9). The van der Waals surface area contributed by atoms with Crippen molar-refractivity contribution >= 4 is 5.97 Å². The van der Waals surface area contributed by atoms with Gasteiger partial charge in [0.05, 0.1) is 13.0 Å². The molecule has 60 valence electrons. The van der Waals surface area contributed by atoms with Crippen LogP contribution in [0.15, 0.2) is 0 Å². The first-order valence-corrected chi connectivity index (χ1v) is 2.65. The molecule has 0 rings (SSSR count). The van der Waals surface area contributed by atoms with Gasteiger partial charge in [-0.15, -0.1) is 0 Å². The summed E-state index contributed by atoms with van der Waals surface area (Å²) < 4.78 is 27.3. The number of carboxylic acids is 1. The second kappa shape index (κ2) is 3.46. The van der Waals surface area contributed by atoms with Gasteiger partial charge in [0.25, 0.3) is 0 Å². The summed E-state index contributed by atoms with van der Waals surface area (Å²) in [4.78, 5) is 9.76. The van der Waals surface area contributed by atoms with Crippen LogP contribution in [-0.2, 0) is 9.53 Å². The molecular weight excluding hydrogens is 146 g/mol. The normalized spacial score (nSPS) is 11.5. The van der Waals surface area contributed by atoms with Crippen LogP contribution >= 0.6 is 0 Å². The van der Waals surface area contributed by atoms with Crippen LogP contribution in [0.2, 0.25) is 0 Å². The van der Waals surface area contributed by atoms with Gasteiger partial charge >= 0.3 is 12.1 Å². The SMILES string of the molecule is CC(F)(F)OCCC(=O)O. The van der Waals surface area contributed by atoms with E-state index < -0.39 is 25.1 Å². The van der Waals surface area contributed by atoms with Gasteiger partial charge in [0, 0.05) is 6.92 Å². The lowest BCUT2D eigenvalue weighted by Crippen LogP contribution is -2.17. The van der Waals surface area contributed by atoms with Crippen molar-refractivity contribution in [3.8, 4) is 0 Å². The van der Waals surface area contributed by atoms with E-state index in [1.54, 1.807) is 0 Å². The highest BCUT2D eigenvalue weighted by molar-refractivity contribution is 5.66. The predicted octanol–water partition coefficient (Wildman–Crippen LogP) is 1.09. The van der Waals surface area contributed by atoms with E-state index in [4.69, 9.17) is 5.11 Å². The lowest BCUT2D eigenvalue weighted by molar-refractivity contribution is -0.224. The summed E-state index contributed by atoms with van der Waals surface area (Å²) in [5.74, 6) is -1.15. The molecule has 0 aliphatic carbocycles. The Morgan fingerprint density at radius 3 is 2.50 bits per heavy atom. The molecule has 5 heteroatoms. The zero-order valence-electron chi connectivity index (χ0n) is 5.43. The van der Waals surface area contributed by atoms with Gasteiger partial charge < -0.3 is 9.84 Å². The van der Waals surface area contributed by atoms with Crippen LogP contribution in [0.4, 0.5) is 8.78 Å². The lowest BCUT2D eigenvalue weighted by Gasteiger charge is -2.08. The predicted molar refractivity (Wildman–Crippen MR) is 28.8 cm³/mol. The smallest absolute Gasteiger partial charge is 0.352 e. The third-order valence-corrected chi connectivity index (χ3v) is 0.671. The second-order valence-electron chi connectivity index (χ2n) is 1.80. The van der Waals surface area contributed by atoms with Gasteiger partial charge in [-0.1, -0.05) is 0 Å². The summed E-state index contributed by atoms with van der Waals surface area (Å²) in [5, 5.41) is 7.99. The van der Waals surface area contributed by atoms with Crippen molar-refractivity contribution in [2.45, 2.75) is 19.5 Å². The Kier molecular flexibility index (Phi) is 3.21. The van der Waals surface area contributed by atoms with Crippen molar-refractivity contribution in [3.63, 3.8) is 0 Å². The van der Waals surface area contributed by atoms with Gasteiger partial charge in [-0.25, -0.2) is 0 Å². The summed E-state index contributed by atoms with van der Waals surface area (Å²) in [6.45, 7) is 0.105. The monoisotopic (exact) mass is 154 g/mol. The Morgan fingerprint density at radius 2 is 2.20 bits per heavy atom. The fourth-order valence-corrected chi connectivity index (χ4v) is 0.318. The zero-order valence-corrected chi connectivity index (χ0v) is 5.43. The molecule has 0 radical (unpaired) electrons. The van der Waals surface area contributed by atoms with Gasteiger partial charge in [0.1, 0.15) is 0 Å². The largest absolute Gasteiger partial charge is 0.481 e. The number of halogens is 2. The van der Waals surface area contributed by atoms with Crippen LogP contribution in [0.1, 0.15) is 13.3 Å². The molecule has 0 saturated carbocycles. The molecule has 0 saturated heterocycles. The zero-order chi connectivity index (χ0) is 8.20. The number of rotatable bonds is 4. The number of aliphatic carboxylic acids is 1. The molecule has 0 bridgehead atoms. The average Bonchev–Trinajstić information content (AvgIpc) is 1.59. The number of hydrogen-bond acceptors (Lipinski definition) is 2. The van der Waals surface area contributed by atoms with Gasteiger partial charge in [-0.05, 0) is 0 Å². The Labute approximate surface area is 56.6 Å². The second-order valence-corrected chi connectivity index (χ2v) is 1.80. The first kappa shape index (κ1) is 9.29. The molecule has 0 unspecified atom stereocenters. The lowest BCUT2D eigenvalue weighted by atomic mass is 10.5. The van der Waals surface area contributed by atoms with Crippen LogP contribution in [0.5, 0.6) is 0 Å². The quantitative estimate of drug-likeness (QED) is 0.659. The average molecular weight is 154 g/mol. The number of carbonyl (C=O) groups is 1. The van der Waals surface area contributed by atoms with Gasteiger partial charge in [-0.3, -0.25) is 4.79 Å². The first-order valence-electron chi connectivity index (χ1n) is 2.65. The van der Waals surface area contributed by atoms with Crippen LogP contribution in [0.3, 0.4) is 0 Å². The van der Waals surface area contributed by atoms with E-state index in [0.29, 0.717) is 6.92 Å². The number of hydrogen-bond donors (Lipinski definition) is 1. The number of alkyl halides is 2. The van der Waals surface area contributed by atoms with E-state index in [-0.39, 0.29) is 0 Å². The number of ether oxygens (including phenoxy) is 1. The highest BCUT2D eigenvalue weighted by atomic mass is 19.3. The van der Waals surface area contributed by atoms with Gasteiger partial charge in [-0.2, -0.15) is 8.78 Å². The van der Waals surface area contributed by atoms with Crippen LogP contribution in [0, 0.1) is 0 Å². The minimum absolute atomic E-state index is 0.399. The maximum atomic E-state index is 11.8. The molecule has 3 nitrogen and oxygen atoms in total. The molecule has 0 heterocycles. The highest BCUT2D eigenvalue weighted by Gasteiger charge is 2.21. The third kappa shape index (κ3) is 7.29. The molecule has 0 aliphatic heterocycles. The first-order chi connectivity index (χ1) is 4.42. The van der Waals surface area contributed by atoms with Gasteiger partial charge in [0.15, 0.2) is 0 Å². The van der Waals surface area contributed by atoms with E-state index in [1.807, 2.05) is 0 Å². The minimum atomic E-state index is -3.23. The summed E-state index contributed by atoms with van der Waals surface area (Å²) in [7, 11) is 0. The van der Waals surface area contributed by atoms with Gasteiger partial charge in [0.2, 0.25) is 0 Å². The minimum Gasteiger partial charge on any atom is -0.481 e. The Bertz CT molecular complexity index is 119. The van der Waals surface area contributed by atoms with E-state index >= 15 is 0 Å². The van der Waals surface area contributed by atoms with Crippen LogP contribution < -0.4 is 0 Å². The molecule has 1 N–H and O–H groups in total. The Hall–Kier alpha value is -0.710. The van der Waals surface area contributed by atoms with E-state index in [1.165, 1.54) is 0 Å². The van der Waals surface area contributed by atoms with Crippen molar-refractivity contribution in [3.05, 3.63) is 0 Å². The third-order valence-electron chi connectivity index (χ3n) is 0.671. The molecule has 0 aromatic heterocycles. The van der Waals surface area contributed by atoms with Crippen LogP contribution in [0.25, 0.3) is 0 Å². The molecule has 0 fully saturated rings. The van der Waals surface area contributed by atoms with Crippen LogP contribution in [-0.4, -0.2) is 23.8 Å². The molecule has 0 spiro atoms. The Balaban J connectivity index is 3.29. The van der Waals surface area contributed by atoms with Crippen molar-refractivity contribution in [1.29, 1.82) is 0 Å². The topological polar surface area (TPSA) is 46.5 Å². The maximum absolute atomic E-state index is 11.8. The van der Waals surface area contributed by atoms with E-state index in [9.17, 15) is 13.6 Å². The van der Waals surface area contributed by atoms with Crippen molar-refractivity contribution in [1.82, 2.24) is 0 Å². The molecule has 0 aromatic rings. The molecule has 0 aliphatic rings. The Morgan fingerprint density at radius 1 is 1.70 bits per heavy atom. The number of carboxylic acid groups (broad SMARTS) is 1. The van der Waals surface area contributed by atoms with Crippen molar-refractivity contribution in [2.24, 2.45) is 0 Å². The van der Waals surface area contributed by atoms with E-state index in [2.05, 4.69) is 4.74 Å². The summed E-state index contributed by atoms with van der Waals surface area (Å²) in [6.07, 6.45) is -3.63. The highest BCUT2D eigenvalue weighted by Crippen LogP contribution is 2.12.